The molecule has 1 aliphatic rings. The molecule has 0 saturated carbocycles. The highest BCUT2D eigenvalue weighted by Gasteiger charge is 2.50. The SMILES string of the molecule is C=CCc1cc(N2C(=O)C(C)(C)N(c3ccc(OCC(=O)NC)c(F)c3)C2=S)ccc1C#N. The lowest BCUT2D eigenvalue weighted by molar-refractivity contribution is -0.122. The largest absolute Gasteiger partial charge is 0.481 e. The normalized spacial score (nSPS) is 14.8. The summed E-state index contributed by atoms with van der Waals surface area (Å²) >= 11 is 5.64. The molecule has 2 aromatic carbocycles. The van der Waals surface area contributed by atoms with Crippen LogP contribution in [0, 0.1) is 17.1 Å². The second-order valence-electron chi connectivity index (χ2n) is 7.84. The van der Waals surface area contributed by atoms with Gasteiger partial charge < -0.3 is 15.0 Å². The predicted octanol–water partition coefficient (Wildman–Crippen LogP) is 3.47. The van der Waals surface area contributed by atoms with Gasteiger partial charge in [0, 0.05) is 18.8 Å². The fourth-order valence-corrected chi connectivity index (χ4v) is 4.09. The van der Waals surface area contributed by atoms with Crippen LogP contribution in [0.15, 0.2) is 49.1 Å². The number of anilines is 2. The van der Waals surface area contributed by atoms with Crippen LogP contribution in [-0.2, 0) is 16.0 Å². The van der Waals surface area contributed by atoms with E-state index in [0.29, 0.717) is 23.4 Å². The van der Waals surface area contributed by atoms with Crippen LogP contribution in [0.4, 0.5) is 15.8 Å². The summed E-state index contributed by atoms with van der Waals surface area (Å²) in [7, 11) is 1.46. The Morgan fingerprint density at radius 2 is 2.00 bits per heavy atom. The molecule has 0 atom stereocenters. The van der Waals surface area contributed by atoms with Gasteiger partial charge in [0.2, 0.25) is 0 Å². The molecule has 1 aliphatic heterocycles. The third kappa shape index (κ3) is 4.43. The number of nitrogens with zero attached hydrogens (tertiary/aromatic N) is 3. The molecule has 0 aliphatic carbocycles. The van der Waals surface area contributed by atoms with E-state index >= 15 is 0 Å². The van der Waals surface area contributed by atoms with Crippen molar-refractivity contribution in [2.75, 3.05) is 23.5 Å². The van der Waals surface area contributed by atoms with Crippen molar-refractivity contribution in [1.82, 2.24) is 5.32 Å². The van der Waals surface area contributed by atoms with E-state index in [1.54, 1.807) is 49.1 Å². The second kappa shape index (κ2) is 9.38. The molecule has 7 nitrogen and oxygen atoms in total. The van der Waals surface area contributed by atoms with Crippen LogP contribution < -0.4 is 19.9 Å². The first kappa shape index (κ1) is 23.9. The van der Waals surface area contributed by atoms with Gasteiger partial charge >= 0.3 is 0 Å². The van der Waals surface area contributed by atoms with Crippen LogP contribution in [-0.4, -0.2) is 36.1 Å². The lowest BCUT2D eigenvalue weighted by Gasteiger charge is -2.29. The molecule has 0 aromatic heterocycles. The first-order valence-electron chi connectivity index (χ1n) is 10.1. The minimum absolute atomic E-state index is 0.0883. The van der Waals surface area contributed by atoms with Gasteiger partial charge in [-0.1, -0.05) is 6.08 Å². The molecular formula is C24H23FN4O3S. The maximum atomic E-state index is 14.7. The van der Waals surface area contributed by atoms with Gasteiger partial charge in [-0.05, 0) is 68.4 Å². The van der Waals surface area contributed by atoms with Gasteiger partial charge in [-0.2, -0.15) is 5.26 Å². The number of halogens is 1. The quantitative estimate of drug-likeness (QED) is 0.497. The summed E-state index contributed by atoms with van der Waals surface area (Å²) in [4.78, 5) is 27.7. The summed E-state index contributed by atoms with van der Waals surface area (Å²) in [6.45, 7) is 6.79. The number of nitrogens with one attached hydrogen (secondary N) is 1. The van der Waals surface area contributed by atoms with Crippen molar-refractivity contribution in [2.45, 2.75) is 25.8 Å². The van der Waals surface area contributed by atoms with Gasteiger partial charge in [-0.15, -0.1) is 6.58 Å². The topological polar surface area (TPSA) is 85.7 Å². The highest BCUT2D eigenvalue weighted by Crippen LogP contribution is 2.38. The molecule has 0 bridgehead atoms. The molecule has 1 N–H and O–H groups in total. The summed E-state index contributed by atoms with van der Waals surface area (Å²) in [6, 6.07) is 11.3. The van der Waals surface area contributed by atoms with Gasteiger partial charge in [-0.3, -0.25) is 14.5 Å². The number of amides is 2. The number of hydrogen-bond acceptors (Lipinski definition) is 5. The molecule has 2 aromatic rings. The van der Waals surface area contributed by atoms with Crippen LogP contribution in [0.2, 0.25) is 0 Å². The Morgan fingerprint density at radius 1 is 1.30 bits per heavy atom. The van der Waals surface area contributed by atoms with Gasteiger partial charge in [-0.25, -0.2) is 4.39 Å². The third-order valence-corrected chi connectivity index (χ3v) is 5.68. The van der Waals surface area contributed by atoms with E-state index in [0.717, 1.165) is 5.56 Å². The Bertz CT molecular complexity index is 1190. The predicted molar refractivity (Wildman–Crippen MR) is 128 cm³/mol. The smallest absolute Gasteiger partial charge is 0.259 e. The van der Waals surface area contributed by atoms with Crippen LogP contribution in [0.5, 0.6) is 5.75 Å². The number of carbonyl (C=O) groups is 2. The van der Waals surface area contributed by atoms with Gasteiger partial charge in [0.15, 0.2) is 23.3 Å². The van der Waals surface area contributed by atoms with Gasteiger partial charge in [0.1, 0.15) is 5.54 Å². The molecule has 170 valence electrons. The van der Waals surface area contributed by atoms with Crippen molar-refractivity contribution in [3.63, 3.8) is 0 Å². The molecule has 2 amide bonds. The van der Waals surface area contributed by atoms with Crippen LogP contribution in [0.3, 0.4) is 0 Å². The number of benzene rings is 2. The average molecular weight is 467 g/mol. The zero-order chi connectivity index (χ0) is 24.3. The van der Waals surface area contributed by atoms with E-state index in [1.165, 1.54) is 24.1 Å². The van der Waals surface area contributed by atoms with E-state index in [2.05, 4.69) is 18.0 Å². The van der Waals surface area contributed by atoms with Crippen molar-refractivity contribution in [2.24, 2.45) is 0 Å². The number of rotatable bonds is 7. The Hall–Kier alpha value is -3.77. The van der Waals surface area contributed by atoms with Crippen molar-refractivity contribution < 1.29 is 18.7 Å². The summed E-state index contributed by atoms with van der Waals surface area (Å²) < 4.78 is 19.9. The molecule has 1 heterocycles. The van der Waals surface area contributed by atoms with Crippen LogP contribution in [0.1, 0.15) is 25.0 Å². The third-order valence-electron chi connectivity index (χ3n) is 5.31. The maximum Gasteiger partial charge on any atom is 0.259 e. The lowest BCUT2D eigenvalue weighted by Crippen LogP contribution is -2.44. The Labute approximate surface area is 197 Å². The zero-order valence-corrected chi connectivity index (χ0v) is 19.3. The van der Waals surface area contributed by atoms with Gasteiger partial charge in [0.05, 0.1) is 17.3 Å². The molecule has 1 saturated heterocycles. The van der Waals surface area contributed by atoms with Crippen molar-refractivity contribution in [3.05, 3.63) is 66.0 Å². The van der Waals surface area contributed by atoms with E-state index in [1.807, 2.05) is 0 Å². The summed E-state index contributed by atoms with van der Waals surface area (Å²) in [5.41, 5.74) is 0.996. The Morgan fingerprint density at radius 3 is 2.61 bits per heavy atom. The molecule has 33 heavy (non-hydrogen) atoms. The average Bonchev–Trinajstić information content (AvgIpc) is 2.96. The molecule has 0 spiro atoms. The van der Waals surface area contributed by atoms with E-state index in [4.69, 9.17) is 17.0 Å². The minimum atomic E-state index is -1.10. The number of allylic oxidation sites excluding steroid dienone is 1. The zero-order valence-electron chi connectivity index (χ0n) is 18.5. The second-order valence-corrected chi connectivity index (χ2v) is 8.21. The Kier molecular flexibility index (Phi) is 6.79. The summed E-state index contributed by atoms with van der Waals surface area (Å²) in [5, 5.41) is 11.9. The molecule has 3 rings (SSSR count). The monoisotopic (exact) mass is 466 g/mol. The first-order chi connectivity index (χ1) is 15.6. The number of carbonyl (C=O) groups excluding carboxylic acids is 2. The van der Waals surface area contributed by atoms with Crippen molar-refractivity contribution >= 4 is 40.5 Å². The maximum absolute atomic E-state index is 14.7. The van der Waals surface area contributed by atoms with Crippen LogP contribution in [0.25, 0.3) is 0 Å². The minimum Gasteiger partial charge on any atom is -0.481 e. The van der Waals surface area contributed by atoms with E-state index < -0.39 is 11.4 Å². The fourth-order valence-electron chi connectivity index (χ4n) is 3.57. The van der Waals surface area contributed by atoms with Crippen LogP contribution >= 0.6 is 12.2 Å². The molecule has 0 unspecified atom stereocenters. The molecule has 9 heteroatoms. The standard InChI is InChI=1S/C24H23FN4O3S/c1-5-6-15-11-17(8-7-16(15)13-26)28-22(31)24(2,3)29(23(28)33)18-9-10-20(19(25)12-18)32-14-21(30)27-4/h5,7-12H,1,6,14H2,2-4H3,(H,27,30). The van der Waals surface area contributed by atoms with Crippen molar-refractivity contribution in [1.29, 1.82) is 5.26 Å². The lowest BCUT2D eigenvalue weighted by atomic mass is 10.0. The number of nitriles is 1. The number of likely N-dealkylation sites (N-methyl/N-ethyl adjacent to an activating group) is 1. The first-order valence-corrected chi connectivity index (χ1v) is 10.5. The summed E-state index contributed by atoms with van der Waals surface area (Å²) in [6.07, 6.45) is 2.14. The van der Waals surface area contributed by atoms with E-state index in [-0.39, 0.29) is 29.3 Å². The fraction of sp³-hybridized carbons (Fsp3) is 0.250. The Balaban J connectivity index is 1.97. The van der Waals surface area contributed by atoms with Gasteiger partial charge in [0.25, 0.3) is 11.8 Å². The molecule has 1 fully saturated rings. The number of thiocarbonyl (C=S) groups is 1. The van der Waals surface area contributed by atoms with E-state index in [9.17, 15) is 19.2 Å². The number of hydrogen-bond donors (Lipinski definition) is 1. The molecular weight excluding hydrogens is 443 g/mol. The van der Waals surface area contributed by atoms with Crippen molar-refractivity contribution in [3.8, 4) is 11.8 Å². The summed E-state index contributed by atoms with van der Waals surface area (Å²) in [5.74, 6) is -1.45. The highest BCUT2D eigenvalue weighted by atomic mass is 32.1. The highest BCUT2D eigenvalue weighted by molar-refractivity contribution is 7.81. The number of ether oxygens (including phenoxy) is 1. The molecule has 0 radical (unpaired) electrons.